The summed E-state index contributed by atoms with van der Waals surface area (Å²) in [5.41, 5.74) is 2.21. The zero-order chi connectivity index (χ0) is 12.5. The van der Waals surface area contributed by atoms with E-state index in [4.69, 9.17) is 4.74 Å². The maximum atomic E-state index is 10.5. The summed E-state index contributed by atoms with van der Waals surface area (Å²) in [7, 11) is 1.67. The highest BCUT2D eigenvalue weighted by Gasteiger charge is 2.32. The molecule has 2 N–H and O–H groups in total. The molecule has 4 heteroatoms. The number of nitrogens with zero attached hydrogens (tertiary/aromatic N) is 1. The van der Waals surface area contributed by atoms with Gasteiger partial charge in [-0.2, -0.15) is 0 Å². The number of amidine groups is 1. The number of aliphatic imine (C=N–C) groups is 1. The third-order valence-corrected chi connectivity index (χ3v) is 3.83. The number of methoxy groups -OCH3 is 1. The molecule has 1 aliphatic carbocycles. The molecule has 0 amide bonds. The molecule has 0 spiro atoms. The number of benzene rings is 1. The third kappa shape index (κ3) is 1.86. The molecular formula is C14H18N2O2. The highest BCUT2D eigenvalue weighted by atomic mass is 16.5. The Kier molecular flexibility index (Phi) is 2.96. The van der Waals surface area contributed by atoms with Gasteiger partial charge in [0.05, 0.1) is 19.8 Å². The van der Waals surface area contributed by atoms with Crippen LogP contribution in [0.2, 0.25) is 0 Å². The molecule has 2 aliphatic rings. The summed E-state index contributed by atoms with van der Waals surface area (Å²) in [6.07, 6.45) is 1.45. The number of nitrogens with one attached hydrogen (secondary N) is 1. The van der Waals surface area contributed by atoms with Crippen LogP contribution >= 0.6 is 0 Å². The van der Waals surface area contributed by atoms with Gasteiger partial charge in [0, 0.05) is 12.5 Å². The molecule has 0 aromatic heterocycles. The van der Waals surface area contributed by atoms with Crippen LogP contribution in [0.1, 0.15) is 23.7 Å². The minimum atomic E-state index is -0.455. The number of fused-ring (bicyclic) bond motifs is 1. The zero-order valence-corrected chi connectivity index (χ0v) is 10.5. The molecular weight excluding hydrogens is 228 g/mol. The maximum Gasteiger partial charge on any atom is 0.119 e. The standard InChI is InChI=1S/C14H18N2O2/c1-18-10-3-5-11-9(8-10)2-4-12(13(11)17)14-15-6-7-16-14/h3,5,8,12-13,17H,2,4,6-7H2,1H3,(H,15,16). The van der Waals surface area contributed by atoms with Gasteiger partial charge in [-0.15, -0.1) is 0 Å². The SMILES string of the molecule is COc1ccc2c(c1)CCC(C1=NCCN1)C2O. The Morgan fingerprint density at radius 3 is 3.06 bits per heavy atom. The number of hydrogen-bond acceptors (Lipinski definition) is 4. The largest absolute Gasteiger partial charge is 0.497 e. The molecule has 18 heavy (non-hydrogen) atoms. The van der Waals surface area contributed by atoms with Crippen molar-refractivity contribution in [2.45, 2.75) is 18.9 Å². The van der Waals surface area contributed by atoms with E-state index in [1.54, 1.807) is 7.11 Å². The van der Waals surface area contributed by atoms with E-state index in [1.165, 1.54) is 5.56 Å². The van der Waals surface area contributed by atoms with Gasteiger partial charge in [-0.05, 0) is 36.1 Å². The smallest absolute Gasteiger partial charge is 0.119 e. The van der Waals surface area contributed by atoms with Crippen molar-refractivity contribution in [3.05, 3.63) is 29.3 Å². The van der Waals surface area contributed by atoms with Crippen molar-refractivity contribution in [3.8, 4) is 5.75 Å². The number of rotatable bonds is 2. The van der Waals surface area contributed by atoms with E-state index in [2.05, 4.69) is 10.3 Å². The first-order chi connectivity index (χ1) is 8.79. The molecule has 0 saturated heterocycles. The van der Waals surface area contributed by atoms with Crippen molar-refractivity contribution in [1.29, 1.82) is 0 Å². The fourth-order valence-corrected chi connectivity index (χ4v) is 2.85. The predicted octanol–water partition coefficient (Wildman–Crippen LogP) is 1.29. The fourth-order valence-electron chi connectivity index (χ4n) is 2.85. The lowest BCUT2D eigenvalue weighted by molar-refractivity contribution is 0.125. The Labute approximate surface area is 107 Å². The topological polar surface area (TPSA) is 53.8 Å². The lowest BCUT2D eigenvalue weighted by Gasteiger charge is -2.30. The monoisotopic (exact) mass is 246 g/mol. The minimum absolute atomic E-state index is 0.119. The minimum Gasteiger partial charge on any atom is -0.497 e. The molecule has 1 aromatic rings. The molecule has 1 aromatic carbocycles. The van der Waals surface area contributed by atoms with Crippen molar-refractivity contribution in [1.82, 2.24) is 5.32 Å². The summed E-state index contributed by atoms with van der Waals surface area (Å²) < 4.78 is 5.22. The van der Waals surface area contributed by atoms with E-state index >= 15 is 0 Å². The van der Waals surface area contributed by atoms with Gasteiger partial charge in [-0.1, -0.05) is 6.07 Å². The van der Waals surface area contributed by atoms with Crippen molar-refractivity contribution in [2.75, 3.05) is 20.2 Å². The maximum absolute atomic E-state index is 10.5. The van der Waals surface area contributed by atoms with Crippen LogP contribution in [0.15, 0.2) is 23.2 Å². The predicted molar refractivity (Wildman–Crippen MR) is 70.1 cm³/mol. The first-order valence-corrected chi connectivity index (χ1v) is 6.42. The number of hydrogen-bond donors (Lipinski definition) is 2. The quantitative estimate of drug-likeness (QED) is 0.827. The summed E-state index contributed by atoms with van der Waals surface area (Å²) in [5.74, 6) is 1.95. The Bertz CT molecular complexity index is 485. The Morgan fingerprint density at radius 1 is 1.44 bits per heavy atom. The van der Waals surface area contributed by atoms with Gasteiger partial charge in [0.25, 0.3) is 0 Å². The summed E-state index contributed by atoms with van der Waals surface area (Å²) >= 11 is 0. The van der Waals surface area contributed by atoms with Crippen LogP contribution in [0.3, 0.4) is 0 Å². The zero-order valence-electron chi connectivity index (χ0n) is 10.5. The average molecular weight is 246 g/mol. The van der Waals surface area contributed by atoms with Gasteiger partial charge in [-0.25, -0.2) is 0 Å². The Balaban J connectivity index is 1.89. The summed E-state index contributed by atoms with van der Waals surface area (Å²) in [4.78, 5) is 4.44. The first-order valence-electron chi connectivity index (χ1n) is 6.42. The van der Waals surface area contributed by atoms with Gasteiger partial charge in [-0.3, -0.25) is 4.99 Å². The van der Waals surface area contributed by atoms with Crippen LogP contribution < -0.4 is 10.1 Å². The highest BCUT2D eigenvalue weighted by Crippen LogP contribution is 2.36. The third-order valence-electron chi connectivity index (χ3n) is 3.83. The van der Waals surface area contributed by atoms with E-state index in [0.29, 0.717) is 0 Å². The molecule has 96 valence electrons. The number of aryl methyl sites for hydroxylation is 1. The molecule has 1 aliphatic heterocycles. The molecule has 3 rings (SSSR count). The van der Waals surface area contributed by atoms with E-state index < -0.39 is 6.10 Å². The normalized spacial score (nSPS) is 26.2. The number of aliphatic hydroxyl groups excluding tert-OH is 1. The molecule has 1 heterocycles. The molecule has 0 radical (unpaired) electrons. The van der Waals surface area contributed by atoms with Crippen molar-refractivity contribution < 1.29 is 9.84 Å². The molecule has 0 bridgehead atoms. The van der Waals surface area contributed by atoms with Crippen LogP contribution in [-0.4, -0.2) is 31.1 Å². The van der Waals surface area contributed by atoms with Gasteiger partial charge < -0.3 is 15.2 Å². The molecule has 2 atom stereocenters. The molecule has 0 saturated carbocycles. The van der Waals surface area contributed by atoms with Crippen molar-refractivity contribution in [3.63, 3.8) is 0 Å². The molecule has 2 unspecified atom stereocenters. The second-order valence-electron chi connectivity index (χ2n) is 4.85. The van der Waals surface area contributed by atoms with Crippen LogP contribution in [0.5, 0.6) is 5.75 Å². The lowest BCUT2D eigenvalue weighted by Crippen LogP contribution is -2.34. The van der Waals surface area contributed by atoms with E-state index in [1.807, 2.05) is 18.2 Å². The second kappa shape index (κ2) is 4.61. The average Bonchev–Trinajstić information content (AvgIpc) is 2.92. The van der Waals surface area contributed by atoms with E-state index in [9.17, 15) is 5.11 Å². The summed E-state index contributed by atoms with van der Waals surface area (Å²) in [5, 5.41) is 13.8. The first kappa shape index (κ1) is 11.5. The Morgan fingerprint density at radius 2 is 2.33 bits per heavy atom. The highest BCUT2D eigenvalue weighted by molar-refractivity contribution is 5.86. The van der Waals surface area contributed by atoms with Crippen LogP contribution in [-0.2, 0) is 6.42 Å². The summed E-state index contributed by atoms with van der Waals surface area (Å²) in [6.45, 7) is 1.72. The molecule has 0 fully saturated rings. The molecule has 4 nitrogen and oxygen atoms in total. The van der Waals surface area contributed by atoms with Gasteiger partial charge >= 0.3 is 0 Å². The van der Waals surface area contributed by atoms with E-state index in [0.717, 1.165) is 43.1 Å². The Hall–Kier alpha value is -1.55. The van der Waals surface area contributed by atoms with Crippen molar-refractivity contribution in [2.24, 2.45) is 10.9 Å². The van der Waals surface area contributed by atoms with Crippen molar-refractivity contribution >= 4 is 5.84 Å². The second-order valence-corrected chi connectivity index (χ2v) is 4.85. The lowest BCUT2D eigenvalue weighted by atomic mass is 9.80. The van der Waals surface area contributed by atoms with Crippen LogP contribution in [0, 0.1) is 5.92 Å². The van der Waals surface area contributed by atoms with Crippen LogP contribution in [0.25, 0.3) is 0 Å². The summed E-state index contributed by atoms with van der Waals surface area (Å²) in [6, 6.07) is 5.91. The fraction of sp³-hybridized carbons (Fsp3) is 0.500. The van der Waals surface area contributed by atoms with Crippen LogP contribution in [0.4, 0.5) is 0 Å². The number of aliphatic hydroxyl groups is 1. The number of ether oxygens (including phenoxy) is 1. The van der Waals surface area contributed by atoms with Gasteiger partial charge in [0.1, 0.15) is 11.6 Å². The van der Waals surface area contributed by atoms with Gasteiger partial charge in [0.15, 0.2) is 0 Å². The van der Waals surface area contributed by atoms with Gasteiger partial charge in [0.2, 0.25) is 0 Å². The van der Waals surface area contributed by atoms with E-state index in [-0.39, 0.29) is 5.92 Å².